The van der Waals surface area contributed by atoms with Gasteiger partial charge < -0.3 is 5.32 Å². The quantitative estimate of drug-likeness (QED) is 0.443. The van der Waals surface area contributed by atoms with Gasteiger partial charge >= 0.3 is 0 Å². The van der Waals surface area contributed by atoms with Crippen molar-refractivity contribution in [3.05, 3.63) is 76.2 Å². The summed E-state index contributed by atoms with van der Waals surface area (Å²) in [6.07, 6.45) is 2.39. The lowest BCUT2D eigenvalue weighted by atomic mass is 10.0. The fourth-order valence-electron chi connectivity index (χ4n) is 3.36. The van der Waals surface area contributed by atoms with Crippen molar-refractivity contribution in [2.75, 3.05) is 5.32 Å². The van der Waals surface area contributed by atoms with Crippen LogP contribution in [0.25, 0.3) is 22.2 Å². The number of rotatable bonds is 7. The Labute approximate surface area is 184 Å². The summed E-state index contributed by atoms with van der Waals surface area (Å²) in [5.41, 5.74) is 3.76. The van der Waals surface area contributed by atoms with Crippen molar-refractivity contribution in [1.82, 2.24) is 14.5 Å². The first-order chi connectivity index (χ1) is 15.0. The highest BCUT2D eigenvalue weighted by atomic mass is 32.1. The number of amides is 1. The Kier molecular flexibility index (Phi) is 6.23. The van der Waals surface area contributed by atoms with E-state index in [9.17, 15) is 9.59 Å². The van der Waals surface area contributed by atoms with Crippen LogP contribution >= 0.6 is 11.3 Å². The minimum atomic E-state index is -0.113. The molecule has 0 bridgehead atoms. The zero-order valence-corrected chi connectivity index (χ0v) is 18.4. The second-order valence-electron chi connectivity index (χ2n) is 7.73. The molecule has 0 spiro atoms. The van der Waals surface area contributed by atoms with E-state index in [-0.39, 0.29) is 11.5 Å². The van der Waals surface area contributed by atoms with Crippen molar-refractivity contribution in [3.63, 3.8) is 0 Å². The van der Waals surface area contributed by atoms with Crippen molar-refractivity contribution in [1.29, 1.82) is 0 Å². The highest BCUT2D eigenvalue weighted by Gasteiger charge is 2.10. The van der Waals surface area contributed by atoms with Crippen LogP contribution in [0.2, 0.25) is 0 Å². The summed E-state index contributed by atoms with van der Waals surface area (Å²) < 4.78 is 1.55. The second-order valence-corrected chi connectivity index (χ2v) is 8.58. The number of aryl methyl sites for hydroxylation is 1. The lowest BCUT2D eigenvalue weighted by Gasteiger charge is -2.06. The first-order valence-electron chi connectivity index (χ1n) is 10.3. The van der Waals surface area contributed by atoms with Crippen molar-refractivity contribution in [2.45, 2.75) is 39.2 Å². The van der Waals surface area contributed by atoms with Gasteiger partial charge in [0, 0.05) is 23.9 Å². The molecule has 0 saturated heterocycles. The highest BCUT2D eigenvalue weighted by molar-refractivity contribution is 7.14. The maximum absolute atomic E-state index is 12.5. The summed E-state index contributed by atoms with van der Waals surface area (Å²) in [6.45, 7) is 4.77. The van der Waals surface area contributed by atoms with Crippen LogP contribution in [-0.2, 0) is 11.3 Å². The van der Waals surface area contributed by atoms with Crippen molar-refractivity contribution in [2.24, 2.45) is 0 Å². The summed E-state index contributed by atoms with van der Waals surface area (Å²) in [5.74, 6) is 0.374. The van der Waals surface area contributed by atoms with Crippen LogP contribution in [0.4, 0.5) is 5.13 Å². The van der Waals surface area contributed by atoms with Gasteiger partial charge in [-0.2, -0.15) is 0 Å². The maximum Gasteiger partial charge on any atom is 0.261 e. The molecular weight excluding hydrogens is 408 g/mol. The molecule has 4 aromatic rings. The van der Waals surface area contributed by atoms with E-state index in [4.69, 9.17) is 0 Å². The lowest BCUT2D eigenvalue weighted by Crippen LogP contribution is -2.21. The molecule has 2 heterocycles. The van der Waals surface area contributed by atoms with Gasteiger partial charge in [-0.15, -0.1) is 11.3 Å². The van der Waals surface area contributed by atoms with Crippen LogP contribution < -0.4 is 10.9 Å². The Hall–Kier alpha value is -3.32. The van der Waals surface area contributed by atoms with Gasteiger partial charge in [-0.05, 0) is 30.0 Å². The molecule has 158 valence electrons. The smallest absolute Gasteiger partial charge is 0.261 e. The monoisotopic (exact) mass is 432 g/mol. The summed E-state index contributed by atoms with van der Waals surface area (Å²) in [7, 11) is 0. The van der Waals surface area contributed by atoms with Gasteiger partial charge in [0.25, 0.3) is 5.56 Å². The van der Waals surface area contributed by atoms with Gasteiger partial charge in [0.2, 0.25) is 5.91 Å². The molecule has 0 atom stereocenters. The number of para-hydroxylation sites is 1. The van der Waals surface area contributed by atoms with E-state index in [1.807, 2.05) is 23.6 Å². The molecule has 0 fully saturated rings. The molecule has 7 heteroatoms. The summed E-state index contributed by atoms with van der Waals surface area (Å²) in [4.78, 5) is 33.7. The van der Waals surface area contributed by atoms with Crippen molar-refractivity contribution >= 4 is 33.3 Å². The van der Waals surface area contributed by atoms with Gasteiger partial charge in [-0.25, -0.2) is 9.97 Å². The number of carbonyl (C=O) groups is 1. The van der Waals surface area contributed by atoms with Crippen molar-refractivity contribution in [3.8, 4) is 11.3 Å². The standard InChI is InChI=1S/C24H24N4O2S/c1-16(2)17-9-11-18(12-10-17)21-14-31-24(26-21)27-22(29)8-5-13-28-15-25-20-7-4-3-6-19(20)23(28)30/h3-4,6-7,9-12,14-16H,5,8,13H2,1-2H3,(H,26,27,29). The average molecular weight is 433 g/mol. The molecule has 1 N–H and O–H groups in total. The van der Waals surface area contributed by atoms with E-state index in [0.717, 1.165) is 11.3 Å². The minimum absolute atomic E-state index is 0.0842. The number of aromatic nitrogens is 3. The Morgan fingerprint density at radius 2 is 1.90 bits per heavy atom. The Morgan fingerprint density at radius 1 is 1.13 bits per heavy atom. The Bertz CT molecular complexity index is 1260. The number of nitrogens with zero attached hydrogens (tertiary/aromatic N) is 3. The number of fused-ring (bicyclic) bond motifs is 1. The molecule has 0 aliphatic carbocycles. The molecule has 0 radical (unpaired) electrons. The number of anilines is 1. The predicted octanol–water partition coefficient (Wildman–Crippen LogP) is 5.06. The van der Waals surface area contributed by atoms with Gasteiger partial charge in [-0.3, -0.25) is 14.2 Å². The van der Waals surface area contributed by atoms with Crippen LogP contribution in [-0.4, -0.2) is 20.4 Å². The minimum Gasteiger partial charge on any atom is -0.302 e. The second kappa shape index (κ2) is 9.22. The van der Waals surface area contributed by atoms with E-state index in [1.54, 1.807) is 17.0 Å². The summed E-state index contributed by atoms with van der Waals surface area (Å²) in [6, 6.07) is 15.6. The van der Waals surface area contributed by atoms with E-state index < -0.39 is 0 Å². The van der Waals surface area contributed by atoms with Gasteiger partial charge in [-0.1, -0.05) is 50.2 Å². The number of hydrogen-bond acceptors (Lipinski definition) is 5. The molecule has 1 amide bonds. The number of benzene rings is 2. The Balaban J connectivity index is 1.32. The fraction of sp³-hybridized carbons (Fsp3) is 0.250. The zero-order chi connectivity index (χ0) is 21.8. The molecule has 0 unspecified atom stereocenters. The third-order valence-electron chi connectivity index (χ3n) is 5.16. The SMILES string of the molecule is CC(C)c1ccc(-c2csc(NC(=O)CCCn3cnc4ccccc4c3=O)n2)cc1. The number of thiazole rings is 1. The predicted molar refractivity (Wildman–Crippen MR) is 126 cm³/mol. The van der Waals surface area contributed by atoms with Crippen LogP contribution in [0.5, 0.6) is 0 Å². The molecule has 4 rings (SSSR count). The normalized spacial score (nSPS) is 11.2. The van der Waals surface area contributed by atoms with Crippen molar-refractivity contribution < 1.29 is 4.79 Å². The zero-order valence-electron chi connectivity index (χ0n) is 17.5. The van der Waals surface area contributed by atoms with Crippen LogP contribution in [0, 0.1) is 0 Å². The van der Waals surface area contributed by atoms with E-state index in [1.165, 1.54) is 16.9 Å². The number of nitrogens with one attached hydrogen (secondary N) is 1. The third-order valence-corrected chi connectivity index (χ3v) is 5.92. The fourth-order valence-corrected chi connectivity index (χ4v) is 4.10. The lowest BCUT2D eigenvalue weighted by molar-refractivity contribution is -0.116. The maximum atomic E-state index is 12.5. The summed E-state index contributed by atoms with van der Waals surface area (Å²) >= 11 is 1.41. The molecule has 0 aliphatic rings. The largest absolute Gasteiger partial charge is 0.302 e. The molecule has 2 aromatic carbocycles. The molecule has 0 saturated carbocycles. The molecule has 2 aromatic heterocycles. The first-order valence-corrected chi connectivity index (χ1v) is 11.2. The molecular formula is C24H24N4O2S. The van der Waals surface area contributed by atoms with Crippen LogP contribution in [0.1, 0.15) is 38.2 Å². The number of hydrogen-bond donors (Lipinski definition) is 1. The van der Waals surface area contributed by atoms with Crippen LogP contribution in [0.3, 0.4) is 0 Å². The van der Waals surface area contributed by atoms with E-state index in [2.05, 4.69) is 53.4 Å². The van der Waals surface area contributed by atoms with Crippen LogP contribution in [0.15, 0.2) is 65.0 Å². The highest BCUT2D eigenvalue weighted by Crippen LogP contribution is 2.26. The first kappa shape index (κ1) is 20.9. The molecule has 6 nitrogen and oxygen atoms in total. The summed E-state index contributed by atoms with van der Waals surface area (Å²) in [5, 5.41) is 5.97. The van der Waals surface area contributed by atoms with Gasteiger partial charge in [0.15, 0.2) is 5.13 Å². The van der Waals surface area contributed by atoms with Gasteiger partial charge in [0.05, 0.1) is 22.9 Å². The Morgan fingerprint density at radius 3 is 2.68 bits per heavy atom. The van der Waals surface area contributed by atoms with E-state index in [0.29, 0.717) is 41.3 Å². The molecule has 31 heavy (non-hydrogen) atoms. The topological polar surface area (TPSA) is 76.9 Å². The van der Waals surface area contributed by atoms with E-state index >= 15 is 0 Å². The number of carbonyl (C=O) groups excluding carboxylic acids is 1. The molecule has 0 aliphatic heterocycles. The third kappa shape index (κ3) is 4.88. The van der Waals surface area contributed by atoms with Gasteiger partial charge in [0.1, 0.15) is 0 Å². The average Bonchev–Trinajstić information content (AvgIpc) is 3.24.